The lowest BCUT2D eigenvalue weighted by molar-refractivity contribution is -0.926. The molecule has 1 aromatic heterocycles. The summed E-state index contributed by atoms with van der Waals surface area (Å²) in [6.07, 6.45) is 0. The van der Waals surface area contributed by atoms with Crippen molar-refractivity contribution in [2.45, 2.75) is 12.4 Å². The Hall–Kier alpha value is -1.58. The average Bonchev–Trinajstić information content (AvgIpc) is 2.98. The second kappa shape index (κ2) is 7.81. The highest BCUT2D eigenvalue weighted by Crippen LogP contribution is 2.21. The van der Waals surface area contributed by atoms with Crippen LogP contribution in [0.2, 0.25) is 0 Å². The number of aromatic nitrogens is 1. The van der Waals surface area contributed by atoms with Crippen molar-refractivity contribution in [2.75, 3.05) is 26.2 Å². The van der Waals surface area contributed by atoms with Gasteiger partial charge in [-0.2, -0.15) is 4.31 Å². The number of rotatable bonds is 5. The van der Waals surface area contributed by atoms with Gasteiger partial charge in [-0.05, 0) is 29.9 Å². The number of hydrogen-bond donors (Lipinski definition) is 1. The van der Waals surface area contributed by atoms with Gasteiger partial charge in [0.05, 0.1) is 42.1 Å². The Morgan fingerprint density at radius 1 is 1.00 bits per heavy atom. The van der Waals surface area contributed by atoms with Crippen molar-refractivity contribution < 1.29 is 13.3 Å². The van der Waals surface area contributed by atoms with E-state index in [1.165, 1.54) is 15.1 Å². The van der Waals surface area contributed by atoms with Crippen molar-refractivity contribution in [3.8, 4) is 0 Å². The van der Waals surface area contributed by atoms with Crippen LogP contribution in [0.4, 0.5) is 0 Å². The van der Waals surface area contributed by atoms with E-state index >= 15 is 0 Å². The standard InChI is InChI=1S/C19H21N3O2S3/c23-27(24,14-16-6-2-1-3-7-16)21-12-10-20(11-13-21)15-22-17-8-4-5-9-18(17)26-19(22)25/h1-9H,10-15H2/p+1. The molecule has 1 N–H and O–H groups in total. The zero-order valence-electron chi connectivity index (χ0n) is 14.9. The third-order valence-corrected chi connectivity index (χ3v) is 8.25. The summed E-state index contributed by atoms with van der Waals surface area (Å²) >= 11 is 7.17. The Morgan fingerprint density at radius 3 is 2.41 bits per heavy atom. The Bertz CT molecular complexity index is 1080. The SMILES string of the molecule is O=S(=O)(Cc1ccccc1)N1CC[NH+](Cn2c(=S)sc3ccccc32)CC1. The molecular formula is C19H22N3O2S3+. The lowest BCUT2D eigenvalue weighted by Gasteiger charge is -2.31. The summed E-state index contributed by atoms with van der Waals surface area (Å²) in [7, 11) is -3.27. The highest BCUT2D eigenvalue weighted by molar-refractivity contribution is 7.88. The second-order valence-corrected chi connectivity index (χ2v) is 10.5. The number of nitrogens with zero attached hydrogens (tertiary/aromatic N) is 2. The maximum absolute atomic E-state index is 12.7. The topological polar surface area (TPSA) is 46.8 Å². The number of thiazole rings is 1. The fraction of sp³-hybridized carbons (Fsp3) is 0.316. The van der Waals surface area contributed by atoms with Gasteiger partial charge in [0.15, 0.2) is 10.6 Å². The average molecular weight is 421 g/mol. The molecule has 1 aliphatic heterocycles. The van der Waals surface area contributed by atoms with Gasteiger partial charge >= 0.3 is 0 Å². The van der Waals surface area contributed by atoms with Crippen LogP contribution >= 0.6 is 23.6 Å². The normalized spacial score (nSPS) is 16.7. The van der Waals surface area contributed by atoms with Crippen LogP contribution in [0, 0.1) is 3.95 Å². The van der Waals surface area contributed by atoms with Gasteiger partial charge in [0, 0.05) is 0 Å². The van der Waals surface area contributed by atoms with Crippen LogP contribution in [0.5, 0.6) is 0 Å². The van der Waals surface area contributed by atoms with E-state index in [-0.39, 0.29) is 5.75 Å². The summed E-state index contributed by atoms with van der Waals surface area (Å²) in [6.45, 7) is 3.48. The van der Waals surface area contributed by atoms with E-state index in [1.54, 1.807) is 15.6 Å². The molecule has 27 heavy (non-hydrogen) atoms. The van der Waals surface area contributed by atoms with Crippen LogP contribution in [0.25, 0.3) is 10.2 Å². The van der Waals surface area contributed by atoms with Gasteiger partial charge in [-0.1, -0.05) is 42.5 Å². The van der Waals surface area contributed by atoms with E-state index in [0.717, 1.165) is 29.3 Å². The molecule has 0 amide bonds. The zero-order chi connectivity index (χ0) is 18.9. The van der Waals surface area contributed by atoms with Crippen LogP contribution in [0.3, 0.4) is 0 Å². The van der Waals surface area contributed by atoms with Crippen molar-refractivity contribution in [3.05, 3.63) is 64.1 Å². The third-order valence-electron chi connectivity index (χ3n) is 4.97. The summed E-state index contributed by atoms with van der Waals surface area (Å²) in [5, 5.41) is 0. The molecule has 1 fully saturated rings. The van der Waals surface area contributed by atoms with Gasteiger partial charge < -0.3 is 4.90 Å². The van der Waals surface area contributed by atoms with Crippen LogP contribution < -0.4 is 4.90 Å². The maximum Gasteiger partial charge on any atom is 0.218 e. The van der Waals surface area contributed by atoms with Crippen LogP contribution in [0.15, 0.2) is 54.6 Å². The van der Waals surface area contributed by atoms with E-state index in [4.69, 9.17) is 12.2 Å². The van der Waals surface area contributed by atoms with Crippen LogP contribution in [0.1, 0.15) is 5.56 Å². The molecule has 0 saturated carbocycles. The molecule has 5 nitrogen and oxygen atoms in total. The number of hydrogen-bond acceptors (Lipinski definition) is 4. The largest absolute Gasteiger partial charge is 0.315 e. The number of para-hydroxylation sites is 1. The summed E-state index contributed by atoms with van der Waals surface area (Å²) in [5.74, 6) is 0.0728. The highest BCUT2D eigenvalue weighted by atomic mass is 32.2. The zero-order valence-corrected chi connectivity index (χ0v) is 17.3. The quantitative estimate of drug-likeness (QED) is 0.643. The van der Waals surface area contributed by atoms with Gasteiger partial charge in [0.1, 0.15) is 0 Å². The molecule has 4 rings (SSSR count). The number of benzene rings is 2. The fourth-order valence-corrected chi connectivity index (χ4v) is 6.36. The Balaban J connectivity index is 1.41. The van der Waals surface area contributed by atoms with Crippen molar-refractivity contribution in [1.29, 1.82) is 0 Å². The van der Waals surface area contributed by atoms with Gasteiger partial charge in [0.25, 0.3) is 0 Å². The number of fused-ring (bicyclic) bond motifs is 1. The molecule has 0 aliphatic carbocycles. The van der Waals surface area contributed by atoms with Crippen LogP contribution in [-0.2, 0) is 22.4 Å². The molecule has 2 aromatic carbocycles. The molecule has 8 heteroatoms. The predicted molar refractivity (Wildman–Crippen MR) is 112 cm³/mol. The smallest absolute Gasteiger partial charge is 0.218 e. The molecule has 1 saturated heterocycles. The van der Waals surface area contributed by atoms with Crippen molar-refractivity contribution in [3.63, 3.8) is 0 Å². The van der Waals surface area contributed by atoms with Crippen molar-refractivity contribution >= 4 is 43.8 Å². The molecule has 1 aliphatic rings. The maximum atomic E-state index is 12.7. The molecule has 3 aromatic rings. The van der Waals surface area contributed by atoms with Gasteiger partial charge in [0.2, 0.25) is 10.0 Å². The number of nitrogens with one attached hydrogen (secondary N) is 1. The molecule has 142 valence electrons. The lowest BCUT2D eigenvalue weighted by atomic mass is 10.2. The molecule has 0 unspecified atom stereocenters. The van der Waals surface area contributed by atoms with Crippen LogP contribution in [-0.4, -0.2) is 43.5 Å². The van der Waals surface area contributed by atoms with Crippen molar-refractivity contribution in [1.82, 2.24) is 8.87 Å². The highest BCUT2D eigenvalue weighted by Gasteiger charge is 2.29. The molecule has 2 heterocycles. The monoisotopic (exact) mass is 420 g/mol. The second-order valence-electron chi connectivity index (χ2n) is 6.81. The first-order valence-electron chi connectivity index (χ1n) is 8.97. The summed E-state index contributed by atoms with van der Waals surface area (Å²) in [5.41, 5.74) is 2.00. The first-order chi connectivity index (χ1) is 13.0. The van der Waals surface area contributed by atoms with Gasteiger partial charge in [-0.15, -0.1) is 11.3 Å². The lowest BCUT2D eigenvalue weighted by Crippen LogP contribution is -3.14. The Labute approximate surface area is 168 Å². The summed E-state index contributed by atoms with van der Waals surface area (Å²) in [4.78, 5) is 1.36. The minimum Gasteiger partial charge on any atom is -0.315 e. The summed E-state index contributed by atoms with van der Waals surface area (Å²) in [6, 6.07) is 17.6. The molecule has 0 radical (unpaired) electrons. The number of sulfonamides is 1. The molecule has 0 atom stereocenters. The number of piperazine rings is 1. The fourth-order valence-electron chi connectivity index (χ4n) is 3.50. The van der Waals surface area contributed by atoms with Gasteiger partial charge in [-0.25, -0.2) is 8.42 Å². The van der Waals surface area contributed by atoms with E-state index < -0.39 is 10.0 Å². The number of quaternary nitrogens is 1. The van der Waals surface area contributed by atoms with E-state index in [1.807, 2.05) is 42.5 Å². The van der Waals surface area contributed by atoms with Gasteiger partial charge in [-0.3, -0.25) is 4.57 Å². The Kier molecular flexibility index (Phi) is 5.43. The first kappa shape index (κ1) is 18.8. The third kappa shape index (κ3) is 4.14. The molecule has 0 spiro atoms. The van der Waals surface area contributed by atoms with E-state index in [2.05, 4.69) is 16.7 Å². The van der Waals surface area contributed by atoms with Crippen molar-refractivity contribution in [2.24, 2.45) is 0 Å². The van der Waals surface area contributed by atoms with E-state index in [0.29, 0.717) is 13.1 Å². The molecule has 0 bridgehead atoms. The first-order valence-corrected chi connectivity index (χ1v) is 11.8. The Morgan fingerprint density at radius 2 is 1.67 bits per heavy atom. The van der Waals surface area contributed by atoms with E-state index in [9.17, 15) is 8.42 Å². The predicted octanol–water partition coefficient (Wildman–Crippen LogP) is 2.12. The minimum absolute atomic E-state index is 0.0728. The summed E-state index contributed by atoms with van der Waals surface area (Å²) < 4.78 is 31.3. The minimum atomic E-state index is -3.27. The molecular weight excluding hydrogens is 398 g/mol.